The Balaban J connectivity index is 1.88. The second-order valence-corrected chi connectivity index (χ2v) is 5.28. The molecule has 0 bridgehead atoms. The summed E-state index contributed by atoms with van der Waals surface area (Å²) in [7, 11) is 0. The summed E-state index contributed by atoms with van der Waals surface area (Å²) in [6.07, 6.45) is 0.203. The minimum atomic E-state index is -1.04. The molecule has 6 heteroatoms. The van der Waals surface area contributed by atoms with Crippen LogP contribution in [-0.4, -0.2) is 23.6 Å². The molecule has 2 N–H and O–H groups in total. The van der Waals surface area contributed by atoms with Gasteiger partial charge in [-0.3, -0.25) is 4.79 Å². The lowest BCUT2D eigenvalue weighted by molar-refractivity contribution is -0.139. The molecular formula is C17H16ClNO4. The molecule has 0 atom stereocenters. The normalized spacial score (nSPS) is 10.1. The lowest BCUT2D eigenvalue weighted by atomic mass is 10.1. The molecule has 0 unspecified atom stereocenters. The molecule has 0 fully saturated rings. The lowest BCUT2D eigenvalue weighted by Crippen LogP contribution is -2.24. The number of carboxylic acids is 1. The van der Waals surface area contributed by atoms with Crippen LogP contribution in [0, 0.1) is 0 Å². The van der Waals surface area contributed by atoms with Crippen LogP contribution in [0.5, 0.6) is 5.75 Å². The second-order valence-electron chi connectivity index (χ2n) is 4.87. The van der Waals surface area contributed by atoms with Crippen molar-refractivity contribution in [2.24, 2.45) is 0 Å². The summed E-state index contributed by atoms with van der Waals surface area (Å²) in [6.45, 7) is -0.0735. The molecule has 1 amide bonds. The van der Waals surface area contributed by atoms with Gasteiger partial charge in [-0.25, -0.2) is 4.79 Å². The highest BCUT2D eigenvalue weighted by Gasteiger charge is 2.07. The number of carbonyl (C=O) groups is 2. The Kier molecular flexibility index (Phi) is 6.00. The van der Waals surface area contributed by atoms with Crippen LogP contribution in [0.3, 0.4) is 0 Å². The Morgan fingerprint density at radius 1 is 1.13 bits per heavy atom. The molecule has 23 heavy (non-hydrogen) atoms. The smallest absolute Gasteiger partial charge is 0.341 e. The SMILES string of the molecule is O=C(O)COc1cccc(CNC(=O)Cc2ccccc2Cl)c1. The van der Waals surface area contributed by atoms with Gasteiger partial charge in [0.1, 0.15) is 5.75 Å². The molecule has 0 aliphatic heterocycles. The van der Waals surface area contributed by atoms with E-state index in [4.69, 9.17) is 21.4 Å². The highest BCUT2D eigenvalue weighted by molar-refractivity contribution is 6.31. The third kappa shape index (κ3) is 5.64. The van der Waals surface area contributed by atoms with Crippen molar-refractivity contribution in [1.29, 1.82) is 0 Å². The van der Waals surface area contributed by atoms with E-state index in [2.05, 4.69) is 5.32 Å². The number of aliphatic carboxylic acids is 1. The average molecular weight is 334 g/mol. The fraction of sp³-hybridized carbons (Fsp3) is 0.176. The first-order valence-corrected chi connectivity index (χ1v) is 7.36. The van der Waals surface area contributed by atoms with Crippen molar-refractivity contribution in [2.45, 2.75) is 13.0 Å². The molecule has 2 aromatic rings. The largest absolute Gasteiger partial charge is 0.482 e. The summed E-state index contributed by atoms with van der Waals surface area (Å²) in [5, 5.41) is 11.9. The van der Waals surface area contributed by atoms with Gasteiger partial charge in [-0.05, 0) is 29.3 Å². The van der Waals surface area contributed by atoms with Gasteiger partial charge >= 0.3 is 5.97 Å². The number of rotatable bonds is 7. The Hall–Kier alpha value is -2.53. The summed E-state index contributed by atoms with van der Waals surface area (Å²) < 4.78 is 5.10. The first-order chi connectivity index (χ1) is 11.0. The quantitative estimate of drug-likeness (QED) is 0.816. The second kappa shape index (κ2) is 8.19. The Labute approximate surface area is 138 Å². The third-order valence-corrected chi connectivity index (χ3v) is 3.43. The number of halogens is 1. The summed E-state index contributed by atoms with van der Waals surface area (Å²) >= 11 is 6.02. The van der Waals surface area contributed by atoms with Gasteiger partial charge in [0.2, 0.25) is 5.91 Å². The van der Waals surface area contributed by atoms with Gasteiger partial charge in [0.05, 0.1) is 6.42 Å². The maximum Gasteiger partial charge on any atom is 0.341 e. The number of carbonyl (C=O) groups excluding carboxylic acids is 1. The van der Waals surface area contributed by atoms with Crippen LogP contribution in [0.15, 0.2) is 48.5 Å². The molecule has 0 heterocycles. The Bertz CT molecular complexity index is 702. The molecule has 0 aliphatic rings. The molecule has 0 saturated heterocycles. The topological polar surface area (TPSA) is 75.6 Å². The predicted molar refractivity (Wildman–Crippen MR) is 86.6 cm³/mol. The van der Waals surface area contributed by atoms with E-state index in [0.717, 1.165) is 11.1 Å². The van der Waals surface area contributed by atoms with E-state index in [9.17, 15) is 9.59 Å². The lowest BCUT2D eigenvalue weighted by Gasteiger charge is -2.08. The summed E-state index contributed by atoms with van der Waals surface area (Å²) in [5.41, 5.74) is 1.59. The number of nitrogens with one attached hydrogen (secondary N) is 1. The molecule has 0 spiro atoms. The molecule has 0 aliphatic carbocycles. The molecule has 2 rings (SSSR count). The monoisotopic (exact) mass is 333 g/mol. The van der Waals surface area contributed by atoms with E-state index < -0.39 is 12.6 Å². The zero-order chi connectivity index (χ0) is 16.7. The number of amides is 1. The molecule has 120 valence electrons. The van der Waals surface area contributed by atoms with Crippen molar-refractivity contribution in [3.8, 4) is 5.75 Å². The van der Waals surface area contributed by atoms with E-state index in [1.54, 1.807) is 24.3 Å². The Morgan fingerprint density at radius 3 is 2.65 bits per heavy atom. The van der Waals surface area contributed by atoms with Crippen LogP contribution in [0.25, 0.3) is 0 Å². The zero-order valence-electron chi connectivity index (χ0n) is 12.3. The highest BCUT2D eigenvalue weighted by Crippen LogP contribution is 2.16. The van der Waals surface area contributed by atoms with Gasteiger partial charge in [-0.1, -0.05) is 41.9 Å². The van der Waals surface area contributed by atoms with Crippen LogP contribution in [0.1, 0.15) is 11.1 Å². The fourth-order valence-corrected chi connectivity index (χ4v) is 2.17. The standard InChI is InChI=1S/C17H16ClNO4/c18-15-7-2-1-5-13(15)9-16(20)19-10-12-4-3-6-14(8-12)23-11-17(21)22/h1-8H,9-11H2,(H,19,20)(H,21,22). The van der Waals surface area contributed by atoms with Crippen molar-refractivity contribution in [3.05, 3.63) is 64.7 Å². The average Bonchev–Trinajstić information content (AvgIpc) is 2.54. The van der Waals surface area contributed by atoms with E-state index in [-0.39, 0.29) is 12.3 Å². The van der Waals surface area contributed by atoms with Gasteiger partial charge < -0.3 is 15.2 Å². The third-order valence-electron chi connectivity index (χ3n) is 3.06. The van der Waals surface area contributed by atoms with Gasteiger partial charge in [0.15, 0.2) is 6.61 Å². The van der Waals surface area contributed by atoms with Crippen LogP contribution < -0.4 is 10.1 Å². The van der Waals surface area contributed by atoms with Crippen LogP contribution in [0.2, 0.25) is 5.02 Å². The maximum absolute atomic E-state index is 12.0. The number of hydrogen-bond acceptors (Lipinski definition) is 3. The fourth-order valence-electron chi connectivity index (χ4n) is 1.97. The molecule has 0 radical (unpaired) electrons. The minimum Gasteiger partial charge on any atom is -0.482 e. The van der Waals surface area contributed by atoms with Crippen LogP contribution in [0.4, 0.5) is 0 Å². The summed E-state index contributed by atoms with van der Waals surface area (Å²) in [5.74, 6) is -0.733. The molecular weight excluding hydrogens is 318 g/mol. The summed E-state index contributed by atoms with van der Waals surface area (Å²) in [4.78, 5) is 22.4. The van der Waals surface area contributed by atoms with E-state index in [1.807, 2.05) is 24.3 Å². The molecule has 0 aromatic heterocycles. The van der Waals surface area contributed by atoms with E-state index in [0.29, 0.717) is 17.3 Å². The Morgan fingerprint density at radius 2 is 1.91 bits per heavy atom. The number of carboxylic acid groups (broad SMARTS) is 1. The zero-order valence-corrected chi connectivity index (χ0v) is 13.0. The van der Waals surface area contributed by atoms with Crippen LogP contribution in [-0.2, 0) is 22.6 Å². The molecule has 0 saturated carbocycles. The van der Waals surface area contributed by atoms with Crippen molar-refractivity contribution in [1.82, 2.24) is 5.32 Å². The van der Waals surface area contributed by atoms with Crippen molar-refractivity contribution >= 4 is 23.5 Å². The number of hydrogen-bond donors (Lipinski definition) is 2. The number of ether oxygens (including phenoxy) is 1. The van der Waals surface area contributed by atoms with Crippen molar-refractivity contribution < 1.29 is 19.4 Å². The first kappa shape index (κ1) is 16.8. The van der Waals surface area contributed by atoms with Crippen molar-refractivity contribution in [2.75, 3.05) is 6.61 Å². The van der Waals surface area contributed by atoms with Gasteiger partial charge in [-0.15, -0.1) is 0 Å². The predicted octanol–water partition coefficient (Wildman–Crippen LogP) is 2.66. The number of benzene rings is 2. The van der Waals surface area contributed by atoms with Crippen LogP contribution >= 0.6 is 11.6 Å². The van der Waals surface area contributed by atoms with E-state index in [1.165, 1.54) is 0 Å². The van der Waals surface area contributed by atoms with Gasteiger partial charge in [-0.2, -0.15) is 0 Å². The first-order valence-electron chi connectivity index (χ1n) is 6.98. The molecule has 2 aromatic carbocycles. The van der Waals surface area contributed by atoms with Crippen molar-refractivity contribution in [3.63, 3.8) is 0 Å². The van der Waals surface area contributed by atoms with E-state index >= 15 is 0 Å². The van der Waals surface area contributed by atoms with Gasteiger partial charge in [0.25, 0.3) is 0 Å². The molecule has 5 nitrogen and oxygen atoms in total. The minimum absolute atomic E-state index is 0.144. The van der Waals surface area contributed by atoms with Gasteiger partial charge in [0, 0.05) is 11.6 Å². The highest BCUT2D eigenvalue weighted by atomic mass is 35.5. The maximum atomic E-state index is 12.0. The summed E-state index contributed by atoms with van der Waals surface area (Å²) in [6, 6.07) is 14.1.